The molecule has 0 amide bonds. The monoisotopic (exact) mass is 288 g/mol. The predicted octanol–water partition coefficient (Wildman–Crippen LogP) is 3.45. The van der Waals surface area contributed by atoms with Gasteiger partial charge in [0.25, 0.3) is 0 Å². The van der Waals surface area contributed by atoms with Crippen LogP contribution in [0.3, 0.4) is 0 Å². The van der Waals surface area contributed by atoms with E-state index in [4.69, 9.17) is 0 Å². The lowest BCUT2D eigenvalue weighted by molar-refractivity contribution is -0.0551. The minimum Gasteiger partial charge on any atom is -0.393 e. The zero-order valence-electron chi connectivity index (χ0n) is 13.3. The van der Waals surface area contributed by atoms with Crippen molar-refractivity contribution >= 4 is 0 Å². The molecule has 0 spiro atoms. The van der Waals surface area contributed by atoms with E-state index in [9.17, 15) is 10.2 Å². The molecule has 4 aliphatic carbocycles. The van der Waals surface area contributed by atoms with Gasteiger partial charge in [-0.05, 0) is 61.7 Å². The molecule has 2 heteroatoms. The Labute approximate surface area is 127 Å². The van der Waals surface area contributed by atoms with Crippen LogP contribution in [0.25, 0.3) is 0 Å². The Kier molecular flexibility index (Phi) is 2.97. The van der Waals surface area contributed by atoms with Crippen molar-refractivity contribution in [3.63, 3.8) is 0 Å². The molecular formula is C19H28O2. The minimum absolute atomic E-state index is 0.0923. The number of hydrogen-bond acceptors (Lipinski definition) is 2. The number of aliphatic hydroxyl groups is 2. The third-order valence-corrected chi connectivity index (χ3v) is 7.58. The first-order chi connectivity index (χ1) is 9.95. The summed E-state index contributed by atoms with van der Waals surface area (Å²) in [4.78, 5) is 0. The van der Waals surface area contributed by atoms with E-state index in [0.29, 0.717) is 11.8 Å². The van der Waals surface area contributed by atoms with Gasteiger partial charge in [0.2, 0.25) is 0 Å². The maximum absolute atomic E-state index is 10.4. The van der Waals surface area contributed by atoms with Crippen LogP contribution in [-0.4, -0.2) is 22.4 Å². The van der Waals surface area contributed by atoms with Gasteiger partial charge in [0.15, 0.2) is 0 Å². The van der Waals surface area contributed by atoms with Crippen LogP contribution in [0.15, 0.2) is 23.8 Å². The van der Waals surface area contributed by atoms with Gasteiger partial charge < -0.3 is 10.2 Å². The molecule has 0 heterocycles. The SMILES string of the molecule is C[C@]12C=C[C@H](O)CC1=CCC1C2CC[C@@]2(C)C1CC[C@@H]2O. The topological polar surface area (TPSA) is 40.5 Å². The fraction of sp³-hybridized carbons (Fsp3) is 0.789. The predicted molar refractivity (Wildman–Crippen MR) is 83.6 cm³/mol. The summed E-state index contributed by atoms with van der Waals surface area (Å²) in [6.07, 6.45) is 12.9. The van der Waals surface area contributed by atoms with Crippen molar-refractivity contribution in [2.45, 2.75) is 64.6 Å². The van der Waals surface area contributed by atoms with E-state index in [-0.39, 0.29) is 23.0 Å². The summed E-state index contributed by atoms with van der Waals surface area (Å²) in [5.41, 5.74) is 1.76. The van der Waals surface area contributed by atoms with Crippen molar-refractivity contribution in [3.8, 4) is 0 Å². The maximum atomic E-state index is 10.4. The summed E-state index contributed by atoms with van der Waals surface area (Å²) in [5.74, 6) is 2.10. The van der Waals surface area contributed by atoms with Gasteiger partial charge in [-0.15, -0.1) is 0 Å². The zero-order chi connectivity index (χ0) is 14.8. The first-order valence-corrected chi connectivity index (χ1v) is 8.70. The molecule has 2 nitrogen and oxygen atoms in total. The molecule has 116 valence electrons. The van der Waals surface area contributed by atoms with Crippen LogP contribution in [-0.2, 0) is 0 Å². The number of fused-ring (bicyclic) bond motifs is 5. The van der Waals surface area contributed by atoms with E-state index < -0.39 is 0 Å². The molecule has 3 unspecified atom stereocenters. The summed E-state index contributed by atoms with van der Waals surface area (Å²) >= 11 is 0. The van der Waals surface area contributed by atoms with Gasteiger partial charge in [0, 0.05) is 5.41 Å². The van der Waals surface area contributed by atoms with Crippen LogP contribution >= 0.6 is 0 Å². The molecule has 2 saturated carbocycles. The standard InChI is InChI=1S/C19H28O2/c1-18-9-7-13(20)11-12(18)3-4-14-15-5-6-17(21)19(15,2)10-8-16(14)18/h3,7,9,13-17,20-21H,4-6,8,10-11H2,1-2H3/t13-,14?,15?,16?,17-,18-,19-/m0/s1. The van der Waals surface area contributed by atoms with Crippen LogP contribution in [0.4, 0.5) is 0 Å². The van der Waals surface area contributed by atoms with Crippen molar-refractivity contribution in [2.75, 3.05) is 0 Å². The summed E-state index contributed by atoms with van der Waals surface area (Å²) in [5, 5.41) is 20.4. The summed E-state index contributed by atoms with van der Waals surface area (Å²) < 4.78 is 0. The third-order valence-electron chi connectivity index (χ3n) is 7.58. The quantitative estimate of drug-likeness (QED) is 0.670. The highest BCUT2D eigenvalue weighted by molar-refractivity contribution is 5.32. The Morgan fingerprint density at radius 1 is 1.10 bits per heavy atom. The molecule has 4 aliphatic rings. The van der Waals surface area contributed by atoms with E-state index in [1.807, 2.05) is 6.08 Å². The van der Waals surface area contributed by atoms with Crippen LogP contribution in [0.1, 0.15) is 52.4 Å². The average Bonchev–Trinajstić information content (AvgIpc) is 2.76. The van der Waals surface area contributed by atoms with E-state index in [1.54, 1.807) is 0 Å². The molecule has 7 atom stereocenters. The summed E-state index contributed by atoms with van der Waals surface area (Å²) in [7, 11) is 0. The van der Waals surface area contributed by atoms with Gasteiger partial charge in [0.05, 0.1) is 12.2 Å². The Morgan fingerprint density at radius 3 is 2.71 bits per heavy atom. The molecule has 0 radical (unpaired) electrons. The van der Waals surface area contributed by atoms with Gasteiger partial charge in [-0.1, -0.05) is 37.6 Å². The van der Waals surface area contributed by atoms with Crippen molar-refractivity contribution in [2.24, 2.45) is 28.6 Å². The second-order valence-corrected chi connectivity index (χ2v) is 8.39. The maximum Gasteiger partial charge on any atom is 0.0758 e. The second-order valence-electron chi connectivity index (χ2n) is 8.39. The van der Waals surface area contributed by atoms with E-state index in [1.165, 1.54) is 24.8 Å². The fourth-order valence-electron chi connectivity index (χ4n) is 6.21. The number of hydrogen-bond donors (Lipinski definition) is 2. The van der Waals surface area contributed by atoms with Crippen LogP contribution < -0.4 is 0 Å². The highest BCUT2D eigenvalue weighted by Gasteiger charge is 2.57. The largest absolute Gasteiger partial charge is 0.393 e. The normalized spacial score (nSPS) is 55.4. The summed E-state index contributed by atoms with van der Waals surface area (Å²) in [6.45, 7) is 4.71. The Bertz CT molecular complexity index is 508. The van der Waals surface area contributed by atoms with E-state index in [2.05, 4.69) is 26.0 Å². The Morgan fingerprint density at radius 2 is 1.90 bits per heavy atom. The van der Waals surface area contributed by atoms with Gasteiger partial charge in [-0.25, -0.2) is 0 Å². The molecule has 0 bridgehead atoms. The molecular weight excluding hydrogens is 260 g/mol. The molecule has 0 aromatic rings. The van der Waals surface area contributed by atoms with Crippen LogP contribution in [0.2, 0.25) is 0 Å². The molecule has 21 heavy (non-hydrogen) atoms. The lowest BCUT2D eigenvalue weighted by Gasteiger charge is -2.56. The van der Waals surface area contributed by atoms with Crippen molar-refractivity contribution in [3.05, 3.63) is 23.8 Å². The molecule has 0 aromatic heterocycles. The molecule has 2 fully saturated rings. The first-order valence-electron chi connectivity index (χ1n) is 8.70. The van der Waals surface area contributed by atoms with Gasteiger partial charge in [-0.3, -0.25) is 0 Å². The minimum atomic E-state index is -0.289. The molecule has 2 N–H and O–H groups in total. The van der Waals surface area contributed by atoms with Crippen molar-refractivity contribution < 1.29 is 10.2 Å². The lowest BCUT2D eigenvalue weighted by atomic mass is 9.49. The zero-order valence-corrected chi connectivity index (χ0v) is 13.3. The number of rotatable bonds is 0. The average molecular weight is 288 g/mol. The highest BCUT2D eigenvalue weighted by atomic mass is 16.3. The van der Waals surface area contributed by atoms with Crippen LogP contribution in [0, 0.1) is 28.6 Å². The smallest absolute Gasteiger partial charge is 0.0758 e. The lowest BCUT2D eigenvalue weighted by Crippen LogP contribution is -2.50. The second kappa shape index (κ2) is 4.45. The van der Waals surface area contributed by atoms with Crippen molar-refractivity contribution in [1.29, 1.82) is 0 Å². The van der Waals surface area contributed by atoms with Gasteiger partial charge in [0.1, 0.15) is 0 Å². The molecule has 0 aliphatic heterocycles. The van der Waals surface area contributed by atoms with Crippen LogP contribution in [0.5, 0.6) is 0 Å². The molecule has 0 aromatic carbocycles. The highest BCUT2D eigenvalue weighted by Crippen LogP contribution is 2.63. The number of allylic oxidation sites excluding steroid dienone is 2. The van der Waals surface area contributed by atoms with Gasteiger partial charge >= 0.3 is 0 Å². The molecule has 4 rings (SSSR count). The molecule has 0 saturated heterocycles. The Balaban J connectivity index is 1.71. The van der Waals surface area contributed by atoms with Gasteiger partial charge in [-0.2, -0.15) is 0 Å². The van der Waals surface area contributed by atoms with Crippen molar-refractivity contribution in [1.82, 2.24) is 0 Å². The fourth-order valence-corrected chi connectivity index (χ4v) is 6.21. The first kappa shape index (κ1) is 14.0. The summed E-state index contributed by atoms with van der Waals surface area (Å²) in [6, 6.07) is 0. The van der Waals surface area contributed by atoms with E-state index >= 15 is 0 Å². The number of aliphatic hydroxyl groups excluding tert-OH is 2. The third kappa shape index (κ3) is 1.78. The van der Waals surface area contributed by atoms with E-state index in [0.717, 1.165) is 25.2 Å². The Hall–Kier alpha value is -0.600.